The van der Waals surface area contributed by atoms with E-state index in [4.69, 9.17) is 10.5 Å². The molecule has 3 N–H and O–H groups in total. The topological polar surface area (TPSA) is 47.3 Å². The standard InChI is InChI=1S/C13H17F3N2O/c14-13(15,16)10-3-1-2-4-11(10)18-12(9-17)5-7-19-8-6-12/h1-4,18H,5-9,17H2. The Labute approximate surface area is 109 Å². The van der Waals surface area contributed by atoms with Crippen LogP contribution in [0, 0.1) is 0 Å². The van der Waals surface area contributed by atoms with Crippen molar-refractivity contribution in [2.45, 2.75) is 24.6 Å². The molecule has 106 valence electrons. The van der Waals surface area contributed by atoms with Crippen molar-refractivity contribution in [3.05, 3.63) is 29.8 Å². The van der Waals surface area contributed by atoms with Gasteiger partial charge in [-0.3, -0.25) is 0 Å². The minimum Gasteiger partial charge on any atom is -0.381 e. The number of rotatable bonds is 3. The first-order chi connectivity index (χ1) is 8.97. The van der Waals surface area contributed by atoms with Crippen molar-refractivity contribution in [3.63, 3.8) is 0 Å². The number of hydrogen-bond donors (Lipinski definition) is 2. The SMILES string of the molecule is NCC1(Nc2ccccc2C(F)(F)F)CCOCC1. The number of halogens is 3. The molecule has 0 aliphatic carbocycles. The predicted molar refractivity (Wildman–Crippen MR) is 66.9 cm³/mol. The molecule has 1 aromatic rings. The summed E-state index contributed by atoms with van der Waals surface area (Å²) in [6.07, 6.45) is -3.16. The first-order valence-corrected chi connectivity index (χ1v) is 6.19. The summed E-state index contributed by atoms with van der Waals surface area (Å²) in [5.74, 6) is 0. The highest BCUT2D eigenvalue weighted by molar-refractivity contribution is 5.54. The highest BCUT2D eigenvalue weighted by Gasteiger charge is 2.37. The Hall–Kier alpha value is -1.27. The van der Waals surface area contributed by atoms with E-state index in [0.29, 0.717) is 26.1 Å². The molecule has 0 unspecified atom stereocenters. The van der Waals surface area contributed by atoms with E-state index in [2.05, 4.69) is 5.32 Å². The average Bonchev–Trinajstić information content (AvgIpc) is 2.39. The zero-order valence-corrected chi connectivity index (χ0v) is 10.5. The number of benzene rings is 1. The van der Waals surface area contributed by atoms with Gasteiger partial charge in [-0.1, -0.05) is 12.1 Å². The Morgan fingerprint density at radius 1 is 1.21 bits per heavy atom. The van der Waals surface area contributed by atoms with Crippen molar-refractivity contribution >= 4 is 5.69 Å². The molecule has 0 saturated carbocycles. The fourth-order valence-corrected chi connectivity index (χ4v) is 2.27. The Morgan fingerprint density at radius 3 is 2.42 bits per heavy atom. The number of anilines is 1. The van der Waals surface area contributed by atoms with Crippen LogP contribution in [0.4, 0.5) is 18.9 Å². The summed E-state index contributed by atoms with van der Waals surface area (Å²) >= 11 is 0. The second-order valence-corrected chi connectivity index (χ2v) is 4.77. The molecule has 1 saturated heterocycles. The van der Waals surface area contributed by atoms with Crippen LogP contribution >= 0.6 is 0 Å². The van der Waals surface area contributed by atoms with Gasteiger partial charge in [-0.2, -0.15) is 13.2 Å². The first kappa shape index (κ1) is 14.1. The Morgan fingerprint density at radius 2 is 1.84 bits per heavy atom. The number of ether oxygens (including phenoxy) is 1. The molecule has 2 rings (SSSR count). The normalized spacial score (nSPS) is 19.2. The molecular formula is C13H17F3N2O. The predicted octanol–water partition coefficient (Wildman–Crippen LogP) is 2.63. The summed E-state index contributed by atoms with van der Waals surface area (Å²) in [6.45, 7) is 1.30. The third-order valence-corrected chi connectivity index (χ3v) is 3.47. The fourth-order valence-electron chi connectivity index (χ4n) is 2.27. The highest BCUT2D eigenvalue weighted by Crippen LogP contribution is 2.36. The van der Waals surface area contributed by atoms with Crippen LogP contribution in [0.25, 0.3) is 0 Å². The van der Waals surface area contributed by atoms with Gasteiger partial charge >= 0.3 is 6.18 Å². The molecular weight excluding hydrogens is 257 g/mol. The minimum atomic E-state index is -4.37. The van der Waals surface area contributed by atoms with E-state index in [0.717, 1.165) is 6.07 Å². The van der Waals surface area contributed by atoms with Crippen LogP contribution in [0.3, 0.4) is 0 Å². The molecule has 0 atom stereocenters. The largest absolute Gasteiger partial charge is 0.418 e. The number of alkyl halides is 3. The van der Waals surface area contributed by atoms with Gasteiger partial charge in [0.1, 0.15) is 0 Å². The summed E-state index contributed by atoms with van der Waals surface area (Å²) in [7, 11) is 0. The van der Waals surface area contributed by atoms with Gasteiger partial charge in [0.15, 0.2) is 0 Å². The summed E-state index contributed by atoms with van der Waals surface area (Å²) in [4.78, 5) is 0. The molecule has 1 aliphatic rings. The monoisotopic (exact) mass is 274 g/mol. The maximum atomic E-state index is 12.9. The van der Waals surface area contributed by atoms with Crippen molar-refractivity contribution in [1.82, 2.24) is 0 Å². The van der Waals surface area contributed by atoms with E-state index in [1.165, 1.54) is 12.1 Å². The van der Waals surface area contributed by atoms with Crippen molar-refractivity contribution in [3.8, 4) is 0 Å². The zero-order valence-electron chi connectivity index (χ0n) is 10.5. The van der Waals surface area contributed by atoms with Gasteiger partial charge in [-0.05, 0) is 25.0 Å². The number of hydrogen-bond acceptors (Lipinski definition) is 3. The summed E-state index contributed by atoms with van der Waals surface area (Å²) in [6, 6.07) is 5.48. The average molecular weight is 274 g/mol. The van der Waals surface area contributed by atoms with Gasteiger partial charge in [-0.15, -0.1) is 0 Å². The van der Waals surface area contributed by atoms with Crippen molar-refractivity contribution in [2.75, 3.05) is 25.1 Å². The molecule has 1 heterocycles. The fraction of sp³-hybridized carbons (Fsp3) is 0.538. The van der Waals surface area contributed by atoms with Crippen LogP contribution < -0.4 is 11.1 Å². The number of para-hydroxylation sites is 1. The highest BCUT2D eigenvalue weighted by atomic mass is 19.4. The summed E-state index contributed by atoms with van der Waals surface area (Å²) < 4.78 is 44.1. The summed E-state index contributed by atoms with van der Waals surface area (Å²) in [5.41, 5.74) is 4.66. The van der Waals surface area contributed by atoms with Crippen molar-refractivity contribution in [2.24, 2.45) is 5.73 Å². The number of nitrogens with one attached hydrogen (secondary N) is 1. The summed E-state index contributed by atoms with van der Waals surface area (Å²) in [5, 5.41) is 2.99. The van der Waals surface area contributed by atoms with Gasteiger partial charge in [-0.25, -0.2) is 0 Å². The first-order valence-electron chi connectivity index (χ1n) is 6.19. The second kappa shape index (κ2) is 5.38. The molecule has 1 aliphatic heterocycles. The smallest absolute Gasteiger partial charge is 0.381 e. The van der Waals surface area contributed by atoms with E-state index in [9.17, 15) is 13.2 Å². The van der Waals surface area contributed by atoms with E-state index < -0.39 is 17.3 Å². The lowest BCUT2D eigenvalue weighted by Gasteiger charge is -2.38. The van der Waals surface area contributed by atoms with Gasteiger partial charge < -0.3 is 15.8 Å². The maximum Gasteiger partial charge on any atom is 0.418 e. The molecule has 0 amide bonds. The molecule has 0 spiro atoms. The van der Waals surface area contributed by atoms with Crippen LogP contribution in [-0.4, -0.2) is 25.3 Å². The Bertz CT molecular complexity index is 428. The molecule has 19 heavy (non-hydrogen) atoms. The van der Waals surface area contributed by atoms with E-state index in [1.807, 2.05) is 0 Å². The van der Waals surface area contributed by atoms with E-state index >= 15 is 0 Å². The van der Waals surface area contributed by atoms with E-state index in [-0.39, 0.29) is 12.2 Å². The lowest BCUT2D eigenvalue weighted by atomic mass is 9.89. The molecule has 0 aromatic heterocycles. The maximum absolute atomic E-state index is 12.9. The molecule has 1 aromatic carbocycles. The Kier molecular flexibility index (Phi) is 4.01. The van der Waals surface area contributed by atoms with Gasteiger partial charge in [0, 0.05) is 25.4 Å². The van der Waals surface area contributed by atoms with Crippen LogP contribution in [-0.2, 0) is 10.9 Å². The molecule has 6 heteroatoms. The molecule has 3 nitrogen and oxygen atoms in total. The molecule has 1 fully saturated rings. The zero-order chi connectivity index (χ0) is 13.9. The van der Waals surface area contributed by atoms with Crippen LogP contribution in [0.15, 0.2) is 24.3 Å². The minimum absolute atomic E-state index is 0.0855. The third kappa shape index (κ3) is 3.19. The lowest BCUT2D eigenvalue weighted by Crippen LogP contribution is -2.49. The lowest BCUT2D eigenvalue weighted by molar-refractivity contribution is -0.137. The van der Waals surface area contributed by atoms with Gasteiger partial charge in [0.05, 0.1) is 11.1 Å². The quantitative estimate of drug-likeness (QED) is 0.890. The Balaban J connectivity index is 2.27. The van der Waals surface area contributed by atoms with Gasteiger partial charge in [0.25, 0.3) is 0 Å². The molecule has 0 radical (unpaired) electrons. The van der Waals surface area contributed by atoms with Crippen molar-refractivity contribution in [1.29, 1.82) is 0 Å². The second-order valence-electron chi connectivity index (χ2n) is 4.77. The van der Waals surface area contributed by atoms with Gasteiger partial charge in [0.2, 0.25) is 0 Å². The van der Waals surface area contributed by atoms with Crippen LogP contribution in [0.5, 0.6) is 0 Å². The number of nitrogens with two attached hydrogens (primary N) is 1. The van der Waals surface area contributed by atoms with Crippen LogP contribution in [0.2, 0.25) is 0 Å². The van der Waals surface area contributed by atoms with Crippen molar-refractivity contribution < 1.29 is 17.9 Å². The molecule has 0 bridgehead atoms. The third-order valence-electron chi connectivity index (χ3n) is 3.47. The van der Waals surface area contributed by atoms with Crippen LogP contribution in [0.1, 0.15) is 18.4 Å². The van der Waals surface area contributed by atoms with E-state index in [1.54, 1.807) is 6.07 Å².